The first-order valence-electron chi connectivity index (χ1n) is 5.97. The standard InChI is InChI=1S/C13H20N2O4/c1-7(2)11(13(3,15-14)12(18)19)8-4-5-9(16)10(17)6-8/h4-7,11,15-17H,14H2,1-3H3,(H,18,19). The van der Waals surface area contributed by atoms with E-state index in [4.69, 9.17) is 5.84 Å². The van der Waals surface area contributed by atoms with E-state index in [1.807, 2.05) is 13.8 Å². The first-order chi connectivity index (χ1) is 8.74. The molecule has 0 spiro atoms. The zero-order valence-electron chi connectivity index (χ0n) is 11.2. The minimum Gasteiger partial charge on any atom is -0.504 e. The highest BCUT2D eigenvalue weighted by molar-refractivity contribution is 5.80. The number of hydrogen-bond acceptors (Lipinski definition) is 5. The van der Waals surface area contributed by atoms with Crippen LogP contribution in [0.3, 0.4) is 0 Å². The van der Waals surface area contributed by atoms with Gasteiger partial charge in [-0.3, -0.25) is 10.6 Å². The molecule has 2 unspecified atom stereocenters. The Bertz CT molecular complexity index is 476. The SMILES string of the molecule is CC(C)C(c1ccc(O)c(O)c1)C(C)(NN)C(=O)O. The van der Waals surface area contributed by atoms with Crippen molar-refractivity contribution in [3.05, 3.63) is 23.8 Å². The van der Waals surface area contributed by atoms with Gasteiger partial charge < -0.3 is 15.3 Å². The molecule has 0 aliphatic heterocycles. The number of aliphatic carboxylic acids is 1. The summed E-state index contributed by atoms with van der Waals surface area (Å²) in [4.78, 5) is 11.5. The van der Waals surface area contributed by atoms with Crippen LogP contribution in [-0.2, 0) is 4.79 Å². The van der Waals surface area contributed by atoms with Crippen molar-refractivity contribution in [2.24, 2.45) is 11.8 Å². The molecule has 106 valence electrons. The van der Waals surface area contributed by atoms with Crippen LogP contribution in [0.1, 0.15) is 32.3 Å². The number of benzene rings is 1. The van der Waals surface area contributed by atoms with Gasteiger partial charge in [0.05, 0.1) is 0 Å². The first kappa shape index (κ1) is 15.3. The Hall–Kier alpha value is -1.79. The van der Waals surface area contributed by atoms with Gasteiger partial charge in [-0.1, -0.05) is 19.9 Å². The molecule has 0 aromatic heterocycles. The lowest BCUT2D eigenvalue weighted by Gasteiger charge is -2.36. The van der Waals surface area contributed by atoms with E-state index in [2.05, 4.69) is 5.43 Å². The fourth-order valence-electron chi connectivity index (χ4n) is 2.40. The predicted octanol–water partition coefficient (Wildman–Crippen LogP) is 1.14. The Morgan fingerprint density at radius 3 is 2.26 bits per heavy atom. The molecule has 6 heteroatoms. The van der Waals surface area contributed by atoms with Gasteiger partial charge in [-0.2, -0.15) is 0 Å². The maximum atomic E-state index is 11.5. The van der Waals surface area contributed by atoms with Gasteiger partial charge in [-0.05, 0) is 30.5 Å². The number of carboxylic acid groups (broad SMARTS) is 1. The van der Waals surface area contributed by atoms with Crippen LogP contribution in [0.15, 0.2) is 18.2 Å². The summed E-state index contributed by atoms with van der Waals surface area (Å²) in [5.41, 5.74) is 1.56. The molecule has 0 saturated heterocycles. The van der Waals surface area contributed by atoms with Crippen LogP contribution in [-0.4, -0.2) is 26.8 Å². The van der Waals surface area contributed by atoms with E-state index in [0.29, 0.717) is 5.56 Å². The lowest BCUT2D eigenvalue weighted by atomic mass is 9.74. The van der Waals surface area contributed by atoms with Gasteiger partial charge in [0, 0.05) is 5.92 Å². The van der Waals surface area contributed by atoms with Crippen molar-refractivity contribution in [1.82, 2.24) is 5.43 Å². The van der Waals surface area contributed by atoms with Gasteiger partial charge in [-0.25, -0.2) is 5.43 Å². The number of carbonyl (C=O) groups is 1. The number of phenols is 2. The fraction of sp³-hybridized carbons (Fsp3) is 0.462. The lowest BCUT2D eigenvalue weighted by Crippen LogP contribution is -2.58. The number of hydrogen-bond donors (Lipinski definition) is 5. The van der Waals surface area contributed by atoms with Crippen LogP contribution in [0.2, 0.25) is 0 Å². The molecular formula is C13H20N2O4. The molecule has 0 amide bonds. The van der Waals surface area contributed by atoms with E-state index < -0.39 is 17.4 Å². The summed E-state index contributed by atoms with van der Waals surface area (Å²) in [6.07, 6.45) is 0. The summed E-state index contributed by atoms with van der Waals surface area (Å²) in [7, 11) is 0. The minimum atomic E-state index is -1.38. The molecule has 2 atom stereocenters. The molecular weight excluding hydrogens is 248 g/mol. The van der Waals surface area contributed by atoms with Gasteiger partial charge >= 0.3 is 5.97 Å². The largest absolute Gasteiger partial charge is 0.504 e. The van der Waals surface area contributed by atoms with E-state index in [-0.39, 0.29) is 17.4 Å². The van der Waals surface area contributed by atoms with E-state index in [0.717, 1.165) is 0 Å². The smallest absolute Gasteiger partial charge is 0.325 e. The summed E-state index contributed by atoms with van der Waals surface area (Å²) >= 11 is 0. The van der Waals surface area contributed by atoms with Crippen molar-refractivity contribution in [3.63, 3.8) is 0 Å². The van der Waals surface area contributed by atoms with Crippen molar-refractivity contribution in [1.29, 1.82) is 0 Å². The lowest BCUT2D eigenvalue weighted by molar-refractivity contribution is -0.145. The number of rotatable bonds is 5. The van der Waals surface area contributed by atoms with E-state index in [1.165, 1.54) is 19.1 Å². The van der Waals surface area contributed by atoms with Crippen molar-refractivity contribution in [3.8, 4) is 11.5 Å². The first-order valence-corrected chi connectivity index (χ1v) is 5.97. The Labute approximate surface area is 111 Å². The molecule has 0 bridgehead atoms. The number of aromatic hydroxyl groups is 2. The highest BCUT2D eigenvalue weighted by atomic mass is 16.4. The van der Waals surface area contributed by atoms with Gasteiger partial charge in [-0.15, -0.1) is 0 Å². The molecule has 1 aromatic rings. The van der Waals surface area contributed by atoms with Crippen LogP contribution < -0.4 is 11.3 Å². The third kappa shape index (κ3) is 2.80. The summed E-state index contributed by atoms with van der Waals surface area (Å²) < 4.78 is 0. The number of hydrazine groups is 1. The Morgan fingerprint density at radius 2 is 1.89 bits per heavy atom. The number of phenolic OH excluding ortho intramolecular Hbond substituents is 2. The molecule has 1 rings (SSSR count). The number of carboxylic acids is 1. The molecule has 19 heavy (non-hydrogen) atoms. The summed E-state index contributed by atoms with van der Waals surface area (Å²) in [5.74, 6) is 3.28. The van der Waals surface area contributed by atoms with Gasteiger partial charge in [0.2, 0.25) is 0 Å². The van der Waals surface area contributed by atoms with Crippen LogP contribution in [0.25, 0.3) is 0 Å². The molecule has 0 radical (unpaired) electrons. The molecule has 0 fully saturated rings. The topological polar surface area (TPSA) is 116 Å². The summed E-state index contributed by atoms with van der Waals surface area (Å²) in [6.45, 7) is 5.23. The van der Waals surface area contributed by atoms with E-state index in [1.54, 1.807) is 6.07 Å². The fourth-order valence-corrected chi connectivity index (χ4v) is 2.40. The van der Waals surface area contributed by atoms with E-state index >= 15 is 0 Å². The molecule has 6 N–H and O–H groups in total. The maximum Gasteiger partial charge on any atom is 0.325 e. The minimum absolute atomic E-state index is 0.0407. The predicted molar refractivity (Wildman–Crippen MR) is 70.7 cm³/mol. The molecule has 6 nitrogen and oxygen atoms in total. The molecule has 1 aromatic carbocycles. The zero-order chi connectivity index (χ0) is 14.8. The second-order valence-electron chi connectivity index (χ2n) is 5.12. The van der Waals surface area contributed by atoms with Crippen LogP contribution in [0, 0.1) is 5.92 Å². The molecule has 0 saturated carbocycles. The molecule has 0 aliphatic rings. The highest BCUT2D eigenvalue weighted by Crippen LogP contribution is 2.38. The highest BCUT2D eigenvalue weighted by Gasteiger charge is 2.43. The zero-order valence-corrected chi connectivity index (χ0v) is 11.2. The summed E-state index contributed by atoms with van der Waals surface area (Å²) in [6, 6.07) is 4.27. The second-order valence-corrected chi connectivity index (χ2v) is 5.12. The monoisotopic (exact) mass is 268 g/mol. The second kappa shape index (κ2) is 5.46. The van der Waals surface area contributed by atoms with Gasteiger partial charge in [0.15, 0.2) is 11.5 Å². The van der Waals surface area contributed by atoms with Gasteiger partial charge in [0.1, 0.15) is 5.54 Å². The third-order valence-electron chi connectivity index (χ3n) is 3.39. The Kier molecular flexibility index (Phi) is 4.39. The molecule has 0 aliphatic carbocycles. The molecule has 0 heterocycles. The average molecular weight is 268 g/mol. The third-order valence-corrected chi connectivity index (χ3v) is 3.39. The summed E-state index contributed by atoms with van der Waals surface area (Å²) in [5, 5.41) is 28.3. The van der Waals surface area contributed by atoms with Crippen LogP contribution in [0.5, 0.6) is 11.5 Å². The maximum absolute atomic E-state index is 11.5. The number of nitrogens with one attached hydrogen (secondary N) is 1. The van der Waals surface area contributed by atoms with Gasteiger partial charge in [0.25, 0.3) is 0 Å². The van der Waals surface area contributed by atoms with Crippen LogP contribution >= 0.6 is 0 Å². The average Bonchev–Trinajstić information content (AvgIpc) is 2.32. The number of nitrogens with two attached hydrogens (primary N) is 1. The van der Waals surface area contributed by atoms with Crippen LogP contribution in [0.4, 0.5) is 0 Å². The van der Waals surface area contributed by atoms with Crippen molar-refractivity contribution < 1.29 is 20.1 Å². The quantitative estimate of drug-likeness (QED) is 0.311. The Morgan fingerprint density at radius 1 is 1.32 bits per heavy atom. The van der Waals surface area contributed by atoms with E-state index in [9.17, 15) is 20.1 Å². The Balaban J connectivity index is 3.35. The van der Waals surface area contributed by atoms with Crippen molar-refractivity contribution in [2.75, 3.05) is 0 Å². The van der Waals surface area contributed by atoms with Crippen molar-refractivity contribution in [2.45, 2.75) is 32.2 Å². The van der Waals surface area contributed by atoms with Crippen molar-refractivity contribution >= 4 is 5.97 Å². The normalized spacial score (nSPS) is 16.1.